The molecule has 0 saturated carbocycles. The summed E-state index contributed by atoms with van der Waals surface area (Å²) in [4.78, 5) is 3.96. The van der Waals surface area contributed by atoms with Gasteiger partial charge in [-0.2, -0.15) is 10.4 Å². The van der Waals surface area contributed by atoms with Crippen LogP contribution in [0.4, 0.5) is 8.78 Å². The van der Waals surface area contributed by atoms with Crippen molar-refractivity contribution in [3.8, 4) is 6.07 Å². The molecule has 0 N–H and O–H groups in total. The molecule has 6 heteroatoms. The average molecular weight is 270 g/mol. The molecule has 0 bridgehead atoms. The molecule has 2 heterocycles. The Labute approximate surface area is 112 Å². The van der Waals surface area contributed by atoms with Gasteiger partial charge >= 0.3 is 0 Å². The predicted octanol–water partition coefficient (Wildman–Crippen LogP) is 2.63. The summed E-state index contributed by atoms with van der Waals surface area (Å²) in [6, 6.07) is 7.31. The third-order valence-corrected chi connectivity index (χ3v) is 2.92. The first-order valence-electron chi connectivity index (χ1n) is 5.83. The summed E-state index contributed by atoms with van der Waals surface area (Å²) in [6.07, 6.45) is 3.25. The van der Waals surface area contributed by atoms with Crippen LogP contribution < -0.4 is 0 Å². The summed E-state index contributed by atoms with van der Waals surface area (Å²) >= 11 is 0. The third-order valence-electron chi connectivity index (χ3n) is 2.92. The van der Waals surface area contributed by atoms with E-state index in [-0.39, 0.29) is 23.1 Å². The summed E-state index contributed by atoms with van der Waals surface area (Å²) < 4.78 is 28.5. The first-order chi connectivity index (χ1) is 9.69. The molecular weight excluding hydrogens is 262 g/mol. The van der Waals surface area contributed by atoms with E-state index in [1.165, 1.54) is 4.68 Å². The standard InChI is InChI=1S/C14H8F2N4/c15-10-4-11-13(6-17)19-20(14(11)12(16)5-10)8-9-2-1-3-18-7-9/h1-5,7H,8H2. The third kappa shape index (κ3) is 1.99. The van der Waals surface area contributed by atoms with Crippen molar-refractivity contribution in [1.82, 2.24) is 14.8 Å². The minimum absolute atomic E-state index is 0.00212. The lowest BCUT2D eigenvalue weighted by molar-refractivity contribution is 0.582. The Morgan fingerprint density at radius 2 is 2.15 bits per heavy atom. The van der Waals surface area contributed by atoms with Gasteiger partial charge in [0.15, 0.2) is 11.5 Å². The number of aromatic nitrogens is 3. The number of nitriles is 1. The summed E-state index contributed by atoms with van der Waals surface area (Å²) in [5.41, 5.74) is 0.930. The van der Waals surface area contributed by atoms with Crippen molar-refractivity contribution < 1.29 is 8.78 Å². The normalized spacial score (nSPS) is 10.7. The van der Waals surface area contributed by atoms with Crippen LogP contribution in [0.25, 0.3) is 10.9 Å². The Bertz CT molecular complexity index is 819. The number of nitrogens with zero attached hydrogens (tertiary/aromatic N) is 4. The van der Waals surface area contributed by atoms with Crippen LogP contribution >= 0.6 is 0 Å². The molecule has 0 spiro atoms. The van der Waals surface area contributed by atoms with Gasteiger partial charge in [-0.15, -0.1) is 0 Å². The molecule has 0 unspecified atom stereocenters. The van der Waals surface area contributed by atoms with Gasteiger partial charge in [0.25, 0.3) is 0 Å². The average Bonchev–Trinajstić information content (AvgIpc) is 2.78. The Morgan fingerprint density at radius 1 is 1.30 bits per heavy atom. The number of rotatable bonds is 2. The van der Waals surface area contributed by atoms with Crippen molar-refractivity contribution in [3.05, 3.63) is 59.6 Å². The number of hydrogen-bond donors (Lipinski definition) is 0. The number of fused-ring (bicyclic) bond motifs is 1. The van der Waals surface area contributed by atoms with Gasteiger partial charge in [-0.25, -0.2) is 8.78 Å². The van der Waals surface area contributed by atoms with E-state index in [1.807, 2.05) is 12.1 Å². The lowest BCUT2D eigenvalue weighted by atomic mass is 10.2. The van der Waals surface area contributed by atoms with Crippen molar-refractivity contribution in [1.29, 1.82) is 5.26 Å². The smallest absolute Gasteiger partial charge is 0.170 e. The molecule has 20 heavy (non-hydrogen) atoms. The van der Waals surface area contributed by atoms with Crippen LogP contribution in [-0.2, 0) is 6.54 Å². The summed E-state index contributed by atoms with van der Waals surface area (Å²) in [5.74, 6) is -1.47. The van der Waals surface area contributed by atoms with Crippen LogP contribution in [-0.4, -0.2) is 14.8 Å². The number of pyridine rings is 1. The zero-order valence-electron chi connectivity index (χ0n) is 10.2. The molecule has 98 valence electrons. The molecular formula is C14H8F2N4. The minimum Gasteiger partial charge on any atom is -0.264 e. The minimum atomic E-state index is -0.738. The van der Waals surface area contributed by atoms with Gasteiger partial charge in [0, 0.05) is 23.8 Å². The lowest BCUT2D eigenvalue weighted by Crippen LogP contribution is -2.03. The zero-order valence-corrected chi connectivity index (χ0v) is 10.2. The van der Waals surface area contributed by atoms with Gasteiger partial charge in [-0.1, -0.05) is 6.07 Å². The van der Waals surface area contributed by atoms with E-state index in [0.29, 0.717) is 0 Å². The van der Waals surface area contributed by atoms with E-state index in [4.69, 9.17) is 5.26 Å². The van der Waals surface area contributed by atoms with Gasteiger partial charge in [-0.3, -0.25) is 9.67 Å². The van der Waals surface area contributed by atoms with E-state index >= 15 is 0 Å². The second-order valence-corrected chi connectivity index (χ2v) is 4.26. The van der Waals surface area contributed by atoms with Crippen molar-refractivity contribution in [3.63, 3.8) is 0 Å². The van der Waals surface area contributed by atoms with Gasteiger partial charge < -0.3 is 0 Å². The molecule has 4 nitrogen and oxygen atoms in total. The second kappa shape index (κ2) is 4.70. The second-order valence-electron chi connectivity index (χ2n) is 4.26. The van der Waals surface area contributed by atoms with Crippen LogP contribution in [0.3, 0.4) is 0 Å². The summed E-state index contributed by atoms with van der Waals surface area (Å²) in [6.45, 7) is 0.259. The molecule has 0 aliphatic heterocycles. The zero-order chi connectivity index (χ0) is 14.1. The Hall–Kier alpha value is -2.81. The molecule has 0 aliphatic carbocycles. The quantitative estimate of drug-likeness (QED) is 0.719. The largest absolute Gasteiger partial charge is 0.264 e. The Morgan fingerprint density at radius 3 is 2.85 bits per heavy atom. The molecule has 0 fully saturated rings. The van der Waals surface area contributed by atoms with Crippen molar-refractivity contribution in [2.45, 2.75) is 6.54 Å². The number of halogens is 2. The van der Waals surface area contributed by atoms with Crippen LogP contribution in [0.2, 0.25) is 0 Å². The first-order valence-corrected chi connectivity index (χ1v) is 5.83. The SMILES string of the molecule is N#Cc1nn(Cc2cccnc2)c2c(F)cc(F)cc12. The van der Waals surface area contributed by atoms with Crippen molar-refractivity contribution in [2.75, 3.05) is 0 Å². The van der Waals surface area contributed by atoms with Crippen molar-refractivity contribution >= 4 is 10.9 Å². The Balaban J connectivity index is 2.19. The fraction of sp³-hybridized carbons (Fsp3) is 0.0714. The molecule has 0 atom stereocenters. The van der Waals surface area contributed by atoms with Crippen molar-refractivity contribution in [2.24, 2.45) is 0 Å². The monoisotopic (exact) mass is 270 g/mol. The predicted molar refractivity (Wildman–Crippen MR) is 67.7 cm³/mol. The van der Waals surface area contributed by atoms with Gasteiger partial charge in [0.1, 0.15) is 17.4 Å². The fourth-order valence-electron chi connectivity index (χ4n) is 2.09. The first kappa shape index (κ1) is 12.2. The maximum absolute atomic E-state index is 13.9. The highest BCUT2D eigenvalue weighted by Crippen LogP contribution is 2.23. The topological polar surface area (TPSA) is 54.5 Å². The van der Waals surface area contributed by atoms with E-state index < -0.39 is 11.6 Å². The highest BCUT2D eigenvalue weighted by Gasteiger charge is 2.16. The molecule has 3 aromatic rings. The van der Waals surface area contributed by atoms with Gasteiger partial charge in [-0.05, 0) is 17.7 Å². The molecule has 2 aromatic heterocycles. The molecule has 0 radical (unpaired) electrons. The van der Waals surface area contributed by atoms with Crippen LogP contribution in [0.5, 0.6) is 0 Å². The lowest BCUT2D eigenvalue weighted by Gasteiger charge is -2.04. The molecule has 0 saturated heterocycles. The van der Waals surface area contributed by atoms with E-state index in [1.54, 1.807) is 18.5 Å². The van der Waals surface area contributed by atoms with Crippen LogP contribution in [0.1, 0.15) is 11.3 Å². The summed E-state index contributed by atoms with van der Waals surface area (Å²) in [7, 11) is 0. The maximum Gasteiger partial charge on any atom is 0.170 e. The number of benzene rings is 1. The molecule has 1 aromatic carbocycles. The van der Waals surface area contributed by atoms with Gasteiger partial charge in [0.05, 0.1) is 6.54 Å². The number of hydrogen-bond acceptors (Lipinski definition) is 3. The molecule has 0 amide bonds. The summed E-state index contributed by atoms with van der Waals surface area (Å²) in [5, 5.41) is 13.2. The van der Waals surface area contributed by atoms with Crippen LogP contribution in [0.15, 0.2) is 36.7 Å². The van der Waals surface area contributed by atoms with E-state index in [0.717, 1.165) is 17.7 Å². The van der Waals surface area contributed by atoms with E-state index in [9.17, 15) is 8.78 Å². The highest BCUT2D eigenvalue weighted by atomic mass is 19.1. The Kier molecular flexibility index (Phi) is 2.88. The molecule has 0 aliphatic rings. The van der Waals surface area contributed by atoms with Crippen LogP contribution in [0, 0.1) is 23.0 Å². The van der Waals surface area contributed by atoms with E-state index in [2.05, 4.69) is 10.1 Å². The highest BCUT2D eigenvalue weighted by molar-refractivity contribution is 5.84. The maximum atomic E-state index is 13.9. The van der Waals surface area contributed by atoms with Gasteiger partial charge in [0.2, 0.25) is 0 Å². The molecule has 3 rings (SSSR count). The fourth-order valence-corrected chi connectivity index (χ4v) is 2.09.